The molecule has 6 atom stereocenters. The van der Waals surface area contributed by atoms with Crippen molar-refractivity contribution >= 4 is 23.8 Å². The fourth-order valence-electron chi connectivity index (χ4n) is 6.20. The molecule has 1 aromatic rings. The molecule has 11 nitrogen and oxygen atoms in total. The van der Waals surface area contributed by atoms with Crippen molar-refractivity contribution in [1.29, 1.82) is 5.26 Å². The maximum atomic E-state index is 13.7. The monoisotopic (exact) mass is 566 g/mol. The molecule has 3 aliphatic heterocycles. The zero-order valence-corrected chi connectivity index (χ0v) is 25.1. The lowest BCUT2D eigenvalue weighted by Crippen LogP contribution is -2.59. The molecule has 4 rings (SSSR count). The van der Waals surface area contributed by atoms with Gasteiger partial charge in [-0.05, 0) is 64.2 Å². The lowest BCUT2D eigenvalue weighted by Gasteiger charge is -2.39. The average molecular weight is 567 g/mol. The minimum absolute atomic E-state index is 0.0182. The van der Waals surface area contributed by atoms with Gasteiger partial charge >= 0.3 is 6.09 Å². The molecular weight excluding hydrogens is 524 g/mol. The number of alkyl carbamates (subject to hydrolysis) is 1. The van der Waals surface area contributed by atoms with Gasteiger partial charge in [-0.2, -0.15) is 5.26 Å². The fourth-order valence-corrected chi connectivity index (χ4v) is 6.20. The van der Waals surface area contributed by atoms with Crippen molar-refractivity contribution < 1.29 is 23.9 Å². The molecule has 1 N–H and O–H groups in total. The van der Waals surface area contributed by atoms with Crippen LogP contribution in [0.3, 0.4) is 0 Å². The van der Waals surface area contributed by atoms with Gasteiger partial charge in [0.05, 0.1) is 18.2 Å². The predicted octanol–water partition coefficient (Wildman–Crippen LogP) is 2.39. The Bertz CT molecular complexity index is 1220. The maximum absolute atomic E-state index is 13.7. The molecule has 3 aliphatic rings. The lowest BCUT2D eigenvalue weighted by molar-refractivity contribution is -0.141. The summed E-state index contributed by atoms with van der Waals surface area (Å²) in [5.74, 6) is -0.250. The first-order valence-electron chi connectivity index (χ1n) is 14.3. The van der Waals surface area contributed by atoms with Crippen LogP contribution in [0.1, 0.15) is 69.4 Å². The molecule has 222 valence electrons. The molecule has 0 spiro atoms. The van der Waals surface area contributed by atoms with E-state index in [1.165, 1.54) is 4.90 Å². The van der Waals surface area contributed by atoms with Gasteiger partial charge in [0.25, 0.3) is 5.91 Å². The Morgan fingerprint density at radius 3 is 2.37 bits per heavy atom. The van der Waals surface area contributed by atoms with Crippen LogP contribution in [0.2, 0.25) is 0 Å². The van der Waals surface area contributed by atoms with Crippen molar-refractivity contribution in [2.45, 2.75) is 83.3 Å². The number of benzene rings is 1. The zero-order chi connectivity index (χ0) is 30.2. The molecule has 0 aliphatic carbocycles. The first-order valence-corrected chi connectivity index (χ1v) is 14.3. The standard InChI is InChI=1S/C30H42N6O5/c1-18-12-22(14-31)35(15-18)27(38)24(32-29(40)41-30(3,4)5)17-34-16-23-13-25(34)28(39)36(23)19(2)20-8-10-21(11-9-20)26(37)33(6)7/h8-11,18-19,22-25H,12-13,15-17H2,1-7H3,(H,32,40)/t18?,19?,22?,23-,24?,25?/m0/s1. The summed E-state index contributed by atoms with van der Waals surface area (Å²) in [6, 6.07) is 7.43. The first kappa shape index (κ1) is 30.3. The van der Waals surface area contributed by atoms with Crippen molar-refractivity contribution in [3.8, 4) is 6.07 Å². The fraction of sp³-hybridized carbons (Fsp3) is 0.633. The number of fused-ring (bicyclic) bond motifs is 2. The minimum Gasteiger partial charge on any atom is -0.444 e. The van der Waals surface area contributed by atoms with Crippen LogP contribution >= 0.6 is 0 Å². The van der Waals surface area contributed by atoms with Crippen LogP contribution in [0, 0.1) is 17.2 Å². The predicted molar refractivity (Wildman–Crippen MR) is 152 cm³/mol. The third-order valence-corrected chi connectivity index (χ3v) is 8.13. The van der Waals surface area contributed by atoms with Crippen LogP contribution in [0.25, 0.3) is 0 Å². The largest absolute Gasteiger partial charge is 0.444 e. The van der Waals surface area contributed by atoms with Crippen LogP contribution in [0.4, 0.5) is 4.79 Å². The SMILES string of the molecule is CC1CC(C#N)N(C(=O)C(CN2C[C@@H]3CC2C(=O)N3C(C)c2ccc(C(=O)N(C)C)cc2)NC(=O)OC(C)(C)C)C1. The molecule has 5 unspecified atom stereocenters. The summed E-state index contributed by atoms with van der Waals surface area (Å²) in [7, 11) is 3.41. The van der Waals surface area contributed by atoms with Crippen molar-refractivity contribution in [1.82, 2.24) is 24.9 Å². The number of likely N-dealkylation sites (tertiary alicyclic amines) is 3. The van der Waals surface area contributed by atoms with Gasteiger partial charge in [0.15, 0.2) is 0 Å². The smallest absolute Gasteiger partial charge is 0.408 e. The number of nitrogens with one attached hydrogen (secondary N) is 1. The van der Waals surface area contributed by atoms with Crippen molar-refractivity contribution in [2.24, 2.45) is 5.92 Å². The molecule has 4 amide bonds. The normalized spacial score (nSPS) is 25.6. The van der Waals surface area contributed by atoms with E-state index in [0.29, 0.717) is 31.5 Å². The summed E-state index contributed by atoms with van der Waals surface area (Å²) in [5, 5.41) is 12.4. The van der Waals surface area contributed by atoms with Gasteiger partial charge < -0.3 is 24.8 Å². The van der Waals surface area contributed by atoms with E-state index < -0.39 is 29.8 Å². The lowest BCUT2D eigenvalue weighted by atomic mass is 10.0. The molecule has 11 heteroatoms. The van der Waals surface area contributed by atoms with Gasteiger partial charge in [0, 0.05) is 45.3 Å². The van der Waals surface area contributed by atoms with Crippen LogP contribution in [-0.4, -0.2) is 107 Å². The van der Waals surface area contributed by atoms with E-state index in [1.54, 1.807) is 51.9 Å². The van der Waals surface area contributed by atoms with Gasteiger partial charge in [-0.3, -0.25) is 19.3 Å². The van der Waals surface area contributed by atoms with Crippen LogP contribution in [0.15, 0.2) is 24.3 Å². The van der Waals surface area contributed by atoms with Gasteiger partial charge in [-0.25, -0.2) is 4.79 Å². The molecule has 0 radical (unpaired) electrons. The Morgan fingerprint density at radius 1 is 1.15 bits per heavy atom. The average Bonchev–Trinajstić information content (AvgIpc) is 3.58. The summed E-state index contributed by atoms with van der Waals surface area (Å²) >= 11 is 0. The summed E-state index contributed by atoms with van der Waals surface area (Å²) in [4.78, 5) is 59.2. The van der Waals surface area contributed by atoms with E-state index in [-0.39, 0.29) is 42.3 Å². The quantitative estimate of drug-likeness (QED) is 0.537. The minimum atomic E-state index is -0.953. The number of carbonyl (C=O) groups is 4. The highest BCUT2D eigenvalue weighted by atomic mass is 16.6. The Balaban J connectivity index is 1.47. The van der Waals surface area contributed by atoms with Crippen LogP contribution in [-0.2, 0) is 14.3 Å². The first-order chi connectivity index (χ1) is 19.2. The maximum Gasteiger partial charge on any atom is 0.408 e. The van der Waals surface area contributed by atoms with E-state index in [9.17, 15) is 24.4 Å². The topological polar surface area (TPSA) is 126 Å². The highest BCUT2D eigenvalue weighted by molar-refractivity contribution is 5.94. The number of amides is 4. The van der Waals surface area contributed by atoms with Crippen LogP contribution in [0.5, 0.6) is 0 Å². The summed E-state index contributed by atoms with van der Waals surface area (Å²) in [6.45, 7) is 10.4. The van der Waals surface area contributed by atoms with E-state index in [2.05, 4.69) is 11.4 Å². The summed E-state index contributed by atoms with van der Waals surface area (Å²) in [5.41, 5.74) is 0.787. The Hall–Kier alpha value is -3.65. The molecule has 41 heavy (non-hydrogen) atoms. The van der Waals surface area contributed by atoms with Gasteiger partial charge in [-0.1, -0.05) is 19.1 Å². The van der Waals surface area contributed by atoms with Crippen molar-refractivity contribution in [3.05, 3.63) is 35.4 Å². The summed E-state index contributed by atoms with van der Waals surface area (Å²) in [6.07, 6.45) is 0.513. The van der Waals surface area contributed by atoms with Crippen molar-refractivity contribution in [3.63, 3.8) is 0 Å². The van der Waals surface area contributed by atoms with E-state index in [1.807, 2.05) is 35.8 Å². The molecule has 1 aromatic carbocycles. The number of nitriles is 1. The van der Waals surface area contributed by atoms with E-state index >= 15 is 0 Å². The van der Waals surface area contributed by atoms with Crippen LogP contribution < -0.4 is 5.32 Å². The van der Waals surface area contributed by atoms with Crippen molar-refractivity contribution in [2.75, 3.05) is 33.7 Å². The Kier molecular flexibility index (Phi) is 8.64. The van der Waals surface area contributed by atoms with E-state index in [0.717, 1.165) is 5.56 Å². The number of ether oxygens (including phenoxy) is 1. The zero-order valence-electron chi connectivity index (χ0n) is 25.1. The third kappa shape index (κ3) is 6.48. The number of hydrogen-bond acceptors (Lipinski definition) is 7. The number of carbonyl (C=O) groups excluding carboxylic acids is 4. The second-order valence-electron chi connectivity index (χ2n) is 12.8. The van der Waals surface area contributed by atoms with Gasteiger partial charge in [0.1, 0.15) is 17.7 Å². The molecular formula is C30H42N6O5. The van der Waals surface area contributed by atoms with E-state index in [4.69, 9.17) is 4.74 Å². The Labute approximate surface area is 242 Å². The number of hydrogen-bond donors (Lipinski definition) is 1. The van der Waals surface area contributed by atoms with Gasteiger partial charge in [0.2, 0.25) is 11.8 Å². The number of nitrogens with zero attached hydrogens (tertiary/aromatic N) is 5. The molecule has 3 fully saturated rings. The molecule has 0 aromatic heterocycles. The summed E-state index contributed by atoms with van der Waals surface area (Å²) < 4.78 is 5.43. The number of rotatable bonds is 7. The highest BCUT2D eigenvalue weighted by Crippen LogP contribution is 2.38. The second kappa shape index (κ2) is 11.7. The second-order valence-corrected chi connectivity index (χ2v) is 12.8. The molecule has 3 saturated heterocycles. The number of piperazine rings is 1. The Morgan fingerprint density at radius 2 is 1.80 bits per heavy atom. The molecule has 2 bridgehead atoms. The highest BCUT2D eigenvalue weighted by Gasteiger charge is 2.52. The molecule has 3 heterocycles. The van der Waals surface area contributed by atoms with Gasteiger partial charge in [-0.15, -0.1) is 0 Å². The molecule has 0 saturated carbocycles. The third-order valence-electron chi connectivity index (χ3n) is 8.13.